The van der Waals surface area contributed by atoms with Crippen LogP contribution in [0.2, 0.25) is 0 Å². The lowest BCUT2D eigenvalue weighted by Crippen LogP contribution is -2.77. The van der Waals surface area contributed by atoms with E-state index in [9.17, 15) is 34.8 Å². The predicted molar refractivity (Wildman–Crippen MR) is 178 cm³/mol. The normalized spacial score (nSPS) is 44.0. The monoisotopic (exact) mass is 714 g/mol. The van der Waals surface area contributed by atoms with E-state index in [1.807, 2.05) is 27.7 Å². The van der Waals surface area contributed by atoms with Crippen LogP contribution >= 0.6 is 0 Å². The minimum Gasteiger partial charge on any atom is -0.469 e. The second kappa shape index (κ2) is 11.8. The standard InChI is InChI=1S/C39H54O12/c1-34(2)27-26(43)28(44)36(4)25(38(27)20-48-33(46)37(32(38)51-34)13-7-8-14-37)11-15-35(3)29(49-31(45)30-39(35,36)50-30)22-12-17-47-24(22)18-21(23(42)19-41)10-6-5-9-16-40/h12,17,21,23,25,27-30,32,40-42,44H,5-11,13-16,18-20H2,1-4H3. The number of aliphatic hydroxyl groups excluding tert-OH is 4. The maximum atomic E-state index is 14.8. The highest BCUT2D eigenvalue weighted by Crippen LogP contribution is 2.81. The number of ether oxygens (including phenoxy) is 4. The molecule has 8 rings (SSSR count). The van der Waals surface area contributed by atoms with Crippen LogP contribution in [0.3, 0.4) is 0 Å². The number of epoxide rings is 1. The molecule has 0 radical (unpaired) electrons. The van der Waals surface area contributed by atoms with Crippen molar-refractivity contribution in [1.29, 1.82) is 0 Å². The zero-order valence-electron chi connectivity index (χ0n) is 30.2. The van der Waals surface area contributed by atoms with Gasteiger partial charge in [0.25, 0.3) is 0 Å². The van der Waals surface area contributed by atoms with E-state index in [2.05, 4.69) is 0 Å². The quantitative estimate of drug-likeness (QED) is 0.158. The van der Waals surface area contributed by atoms with Crippen LogP contribution in [-0.4, -0.2) is 93.6 Å². The molecule has 5 heterocycles. The van der Waals surface area contributed by atoms with Crippen LogP contribution in [0.5, 0.6) is 0 Å². The van der Waals surface area contributed by atoms with Gasteiger partial charge in [0.1, 0.15) is 30.2 Å². The zero-order valence-corrected chi connectivity index (χ0v) is 30.2. The first-order chi connectivity index (χ1) is 24.2. The van der Waals surface area contributed by atoms with Crippen molar-refractivity contribution in [1.82, 2.24) is 0 Å². The first kappa shape index (κ1) is 35.7. The van der Waals surface area contributed by atoms with E-state index in [4.69, 9.17) is 23.4 Å². The summed E-state index contributed by atoms with van der Waals surface area (Å²) < 4.78 is 31.9. The fourth-order valence-electron chi connectivity index (χ4n) is 13.1. The van der Waals surface area contributed by atoms with Gasteiger partial charge in [0.15, 0.2) is 11.9 Å². The van der Waals surface area contributed by atoms with Gasteiger partial charge in [-0.25, -0.2) is 4.79 Å². The van der Waals surface area contributed by atoms with Gasteiger partial charge < -0.3 is 43.8 Å². The smallest absolute Gasteiger partial charge is 0.339 e. The molecule has 51 heavy (non-hydrogen) atoms. The minimum atomic E-state index is -1.47. The molecule has 3 aliphatic carbocycles. The van der Waals surface area contributed by atoms with Gasteiger partial charge in [-0.1, -0.05) is 39.5 Å². The van der Waals surface area contributed by atoms with Gasteiger partial charge in [-0.15, -0.1) is 0 Å². The fraction of sp³-hybridized carbons (Fsp3) is 0.821. The molecule has 12 unspecified atom stereocenters. The Morgan fingerprint density at radius 2 is 1.71 bits per heavy atom. The van der Waals surface area contributed by atoms with Crippen molar-refractivity contribution < 1.29 is 58.2 Å². The molecule has 4 N–H and O–H groups in total. The van der Waals surface area contributed by atoms with Crippen molar-refractivity contribution in [3.63, 3.8) is 0 Å². The SMILES string of the molecule is CC1(C)OC2C3(CCCC3)C(=O)OCC23C1C(=O)C(O)C1(C)C3CCC2(C)C(c3ccoc3CC(CCCCCO)C(O)CO)OC(=O)C3OC321. The molecule has 12 atom stereocenters. The maximum Gasteiger partial charge on any atom is 0.339 e. The van der Waals surface area contributed by atoms with Crippen LogP contribution in [0.15, 0.2) is 16.7 Å². The molecule has 1 aromatic rings. The van der Waals surface area contributed by atoms with Gasteiger partial charge in [-0.05, 0) is 70.3 Å². The second-order valence-electron chi connectivity index (χ2n) is 17.8. The summed E-state index contributed by atoms with van der Waals surface area (Å²) in [6, 6.07) is 1.78. The molecular formula is C39H54O12. The van der Waals surface area contributed by atoms with Gasteiger partial charge >= 0.3 is 11.9 Å². The number of Topliss-reactive ketones (excluding diaryl/α,β-unsaturated/α-hetero) is 1. The summed E-state index contributed by atoms with van der Waals surface area (Å²) in [6.07, 6.45) is 3.77. The second-order valence-corrected chi connectivity index (χ2v) is 17.8. The van der Waals surface area contributed by atoms with Crippen molar-refractivity contribution in [3.05, 3.63) is 23.7 Å². The Kier molecular flexibility index (Phi) is 8.27. The maximum absolute atomic E-state index is 14.8. The number of carbonyl (C=O) groups is 3. The molecule has 7 aliphatic rings. The summed E-state index contributed by atoms with van der Waals surface area (Å²) in [5, 5.41) is 42.3. The zero-order chi connectivity index (χ0) is 36.4. The van der Waals surface area contributed by atoms with Crippen molar-refractivity contribution in [2.24, 2.45) is 39.4 Å². The Morgan fingerprint density at radius 3 is 2.41 bits per heavy atom. The molecule has 4 aliphatic heterocycles. The van der Waals surface area contributed by atoms with Crippen LogP contribution in [-0.2, 0) is 39.8 Å². The highest BCUT2D eigenvalue weighted by Gasteiger charge is 2.91. The van der Waals surface area contributed by atoms with Crippen LogP contribution in [0, 0.1) is 39.4 Å². The summed E-state index contributed by atoms with van der Waals surface area (Å²) >= 11 is 0. The highest BCUT2D eigenvalue weighted by atomic mass is 16.7. The third-order valence-corrected chi connectivity index (χ3v) is 15.2. The van der Waals surface area contributed by atoms with Gasteiger partial charge in [-0.3, -0.25) is 9.59 Å². The Balaban J connectivity index is 1.20. The average molecular weight is 715 g/mol. The summed E-state index contributed by atoms with van der Waals surface area (Å²) in [4.78, 5) is 42.5. The number of cyclic esters (lactones) is 2. The van der Waals surface area contributed by atoms with Crippen LogP contribution in [0.1, 0.15) is 109 Å². The van der Waals surface area contributed by atoms with Crippen LogP contribution in [0.4, 0.5) is 0 Å². The molecule has 282 valence electrons. The van der Waals surface area contributed by atoms with Gasteiger partial charge in [-0.2, -0.15) is 0 Å². The van der Waals surface area contributed by atoms with Gasteiger partial charge in [0.05, 0.1) is 42.0 Å². The van der Waals surface area contributed by atoms with Crippen LogP contribution in [0.25, 0.3) is 0 Å². The number of hydrogen-bond donors (Lipinski definition) is 4. The Morgan fingerprint density at radius 1 is 0.961 bits per heavy atom. The Hall–Kier alpha value is -2.35. The molecule has 0 amide bonds. The van der Waals surface area contributed by atoms with Crippen LogP contribution < -0.4 is 0 Å². The lowest BCUT2D eigenvalue weighted by atomic mass is 9.35. The number of fused-ring (bicyclic) bond motifs is 2. The lowest BCUT2D eigenvalue weighted by molar-refractivity contribution is -0.264. The fourth-order valence-corrected chi connectivity index (χ4v) is 13.1. The molecule has 0 bridgehead atoms. The van der Waals surface area contributed by atoms with Crippen molar-refractivity contribution in [3.8, 4) is 0 Å². The Bertz CT molecular complexity index is 1580. The number of esters is 2. The third kappa shape index (κ3) is 4.38. The number of unbranched alkanes of at least 4 members (excludes halogenated alkanes) is 2. The largest absolute Gasteiger partial charge is 0.469 e. The van der Waals surface area contributed by atoms with E-state index in [1.54, 1.807) is 12.3 Å². The number of rotatable bonds is 10. The van der Waals surface area contributed by atoms with E-state index in [0.29, 0.717) is 49.8 Å². The van der Waals surface area contributed by atoms with E-state index in [0.717, 1.165) is 25.7 Å². The van der Waals surface area contributed by atoms with Gasteiger partial charge in [0, 0.05) is 34.8 Å². The molecular weight excluding hydrogens is 660 g/mol. The third-order valence-electron chi connectivity index (χ3n) is 15.2. The molecule has 1 aromatic heterocycles. The average Bonchev–Trinajstić information content (AvgIpc) is 3.34. The van der Waals surface area contributed by atoms with Crippen molar-refractivity contribution in [2.75, 3.05) is 19.8 Å². The topological polar surface area (TPSA) is 185 Å². The molecule has 12 heteroatoms. The highest BCUT2D eigenvalue weighted by molar-refractivity contribution is 5.92. The molecule has 12 nitrogen and oxygen atoms in total. The van der Waals surface area contributed by atoms with E-state index >= 15 is 0 Å². The molecule has 3 spiro atoms. The molecule has 4 saturated heterocycles. The summed E-state index contributed by atoms with van der Waals surface area (Å²) in [5.41, 5.74) is -5.53. The summed E-state index contributed by atoms with van der Waals surface area (Å²) in [6.45, 7) is 7.38. The molecule has 0 aromatic carbocycles. The first-order valence-electron chi connectivity index (χ1n) is 19.1. The number of ketones is 1. The molecule has 3 saturated carbocycles. The number of carbonyl (C=O) groups excluding carboxylic acids is 3. The number of furan rings is 1. The van der Waals surface area contributed by atoms with Crippen molar-refractivity contribution >= 4 is 17.7 Å². The first-order valence-corrected chi connectivity index (χ1v) is 19.1. The van der Waals surface area contributed by atoms with Gasteiger partial charge in [0.2, 0.25) is 0 Å². The number of hydrogen-bond acceptors (Lipinski definition) is 12. The molecule has 7 fully saturated rings. The lowest BCUT2D eigenvalue weighted by Gasteiger charge is -2.67. The van der Waals surface area contributed by atoms with E-state index < -0.39 is 81.9 Å². The predicted octanol–water partition coefficient (Wildman–Crippen LogP) is 3.34. The Labute approximate surface area is 298 Å². The summed E-state index contributed by atoms with van der Waals surface area (Å²) in [7, 11) is 0. The minimum absolute atomic E-state index is 0.00908. The number of aliphatic hydroxyl groups is 4. The van der Waals surface area contributed by atoms with Crippen molar-refractivity contribution in [2.45, 2.75) is 140 Å². The summed E-state index contributed by atoms with van der Waals surface area (Å²) in [5.74, 6) is -2.10. The van der Waals surface area contributed by atoms with E-state index in [1.165, 1.54) is 0 Å². The van der Waals surface area contributed by atoms with E-state index in [-0.39, 0.29) is 43.2 Å².